The molecule has 1 heterocycles. The van der Waals surface area contributed by atoms with Crippen LogP contribution in [0.15, 0.2) is 12.1 Å². The molecule has 0 amide bonds. The van der Waals surface area contributed by atoms with Gasteiger partial charge in [-0.1, -0.05) is 11.6 Å². The van der Waals surface area contributed by atoms with Crippen LogP contribution in [0.1, 0.15) is 10.4 Å². The zero-order valence-corrected chi connectivity index (χ0v) is 7.86. The smallest absolute Gasteiger partial charge is 0.335 e. The third-order valence-electron chi connectivity index (χ3n) is 1.36. The Morgan fingerprint density at radius 2 is 2.29 bits per heavy atom. The second kappa shape index (κ2) is 4.78. The van der Waals surface area contributed by atoms with E-state index in [1.165, 1.54) is 12.1 Å². The second-order valence-corrected chi connectivity index (χ2v) is 2.78. The molecule has 0 fully saturated rings. The number of aliphatic hydroxyl groups is 1. The van der Waals surface area contributed by atoms with Gasteiger partial charge in [-0.2, -0.15) is 0 Å². The summed E-state index contributed by atoms with van der Waals surface area (Å²) in [7, 11) is 0. The molecule has 0 saturated heterocycles. The van der Waals surface area contributed by atoms with Gasteiger partial charge in [0.15, 0.2) is 0 Å². The van der Waals surface area contributed by atoms with E-state index < -0.39 is 5.97 Å². The molecule has 0 unspecified atom stereocenters. The first-order valence-electron chi connectivity index (χ1n) is 3.78. The van der Waals surface area contributed by atoms with E-state index in [1.54, 1.807) is 0 Å². The number of carbonyl (C=O) groups is 1. The largest absolute Gasteiger partial charge is 0.478 e. The maximum atomic E-state index is 10.6. The van der Waals surface area contributed by atoms with E-state index in [2.05, 4.69) is 4.98 Å². The Bertz CT molecular complexity index is 342. The predicted molar refractivity (Wildman–Crippen MR) is 48.8 cm³/mol. The van der Waals surface area contributed by atoms with Crippen molar-refractivity contribution in [2.24, 2.45) is 0 Å². The van der Waals surface area contributed by atoms with Gasteiger partial charge in [-0.05, 0) is 6.07 Å². The predicted octanol–water partition coefficient (Wildman–Crippen LogP) is 0.804. The maximum Gasteiger partial charge on any atom is 0.335 e. The number of pyridine rings is 1. The Balaban J connectivity index is 2.89. The molecule has 0 aromatic carbocycles. The van der Waals surface area contributed by atoms with E-state index in [-0.39, 0.29) is 29.8 Å². The number of hydrogen-bond acceptors (Lipinski definition) is 4. The molecule has 76 valence electrons. The Kier molecular flexibility index (Phi) is 3.67. The summed E-state index contributed by atoms with van der Waals surface area (Å²) < 4.78 is 4.92. The summed E-state index contributed by atoms with van der Waals surface area (Å²) in [5.41, 5.74) is -0.00191. The van der Waals surface area contributed by atoms with Crippen molar-refractivity contribution in [3.63, 3.8) is 0 Å². The third-order valence-corrected chi connectivity index (χ3v) is 1.55. The van der Waals surface area contributed by atoms with Gasteiger partial charge in [0.25, 0.3) is 0 Å². The summed E-state index contributed by atoms with van der Waals surface area (Å²) in [5.74, 6) is -1.02. The highest BCUT2D eigenvalue weighted by Crippen LogP contribution is 2.16. The van der Waals surface area contributed by atoms with E-state index in [9.17, 15) is 4.79 Å². The van der Waals surface area contributed by atoms with E-state index in [0.29, 0.717) is 0 Å². The molecule has 0 aliphatic carbocycles. The Hall–Kier alpha value is -1.33. The molecule has 0 saturated carbocycles. The normalized spacial score (nSPS) is 9.86. The average Bonchev–Trinajstić information content (AvgIpc) is 2.14. The fraction of sp³-hybridized carbons (Fsp3) is 0.250. The van der Waals surface area contributed by atoms with Crippen LogP contribution in [0.5, 0.6) is 5.88 Å². The molecule has 0 atom stereocenters. The Morgan fingerprint density at radius 3 is 2.86 bits per heavy atom. The average molecular weight is 218 g/mol. The van der Waals surface area contributed by atoms with Gasteiger partial charge < -0.3 is 14.9 Å². The minimum Gasteiger partial charge on any atom is -0.478 e. The number of aromatic carboxylic acids is 1. The molecular weight excluding hydrogens is 210 g/mol. The van der Waals surface area contributed by atoms with Crippen LogP contribution in [0.4, 0.5) is 0 Å². The molecule has 1 aromatic rings. The number of rotatable bonds is 4. The molecule has 0 radical (unpaired) electrons. The molecule has 2 N–H and O–H groups in total. The van der Waals surface area contributed by atoms with Gasteiger partial charge >= 0.3 is 5.97 Å². The summed E-state index contributed by atoms with van der Waals surface area (Å²) >= 11 is 5.56. The molecule has 0 spiro atoms. The zero-order valence-electron chi connectivity index (χ0n) is 7.11. The first kappa shape index (κ1) is 10.7. The van der Waals surface area contributed by atoms with Crippen molar-refractivity contribution in [1.29, 1.82) is 0 Å². The van der Waals surface area contributed by atoms with Gasteiger partial charge in [0.1, 0.15) is 11.8 Å². The van der Waals surface area contributed by atoms with Crippen LogP contribution >= 0.6 is 11.6 Å². The lowest BCUT2D eigenvalue weighted by atomic mass is 10.3. The van der Waals surface area contributed by atoms with Crippen molar-refractivity contribution < 1.29 is 19.7 Å². The number of aromatic nitrogens is 1. The lowest BCUT2D eigenvalue weighted by molar-refractivity contribution is 0.0696. The van der Waals surface area contributed by atoms with Crippen LogP contribution in [-0.4, -0.2) is 34.4 Å². The van der Waals surface area contributed by atoms with Crippen molar-refractivity contribution in [2.75, 3.05) is 13.2 Å². The lowest BCUT2D eigenvalue weighted by Crippen LogP contribution is -2.05. The van der Waals surface area contributed by atoms with Crippen LogP contribution < -0.4 is 4.74 Å². The van der Waals surface area contributed by atoms with E-state index in [1.807, 2.05) is 0 Å². The van der Waals surface area contributed by atoms with Crippen LogP contribution in [0.25, 0.3) is 0 Å². The van der Waals surface area contributed by atoms with Gasteiger partial charge in [-0.15, -0.1) is 0 Å². The maximum absolute atomic E-state index is 10.6. The summed E-state index contributed by atoms with van der Waals surface area (Å²) in [5, 5.41) is 17.2. The van der Waals surface area contributed by atoms with Crippen LogP contribution in [-0.2, 0) is 0 Å². The fourth-order valence-electron chi connectivity index (χ4n) is 0.820. The van der Waals surface area contributed by atoms with Crippen LogP contribution in [0.3, 0.4) is 0 Å². The third kappa shape index (κ3) is 2.86. The van der Waals surface area contributed by atoms with Crippen molar-refractivity contribution >= 4 is 17.6 Å². The first-order valence-corrected chi connectivity index (χ1v) is 4.16. The van der Waals surface area contributed by atoms with Gasteiger partial charge in [0, 0.05) is 6.07 Å². The lowest BCUT2D eigenvalue weighted by Gasteiger charge is -2.04. The van der Waals surface area contributed by atoms with Crippen LogP contribution in [0, 0.1) is 0 Å². The Labute approximate surface area is 84.9 Å². The van der Waals surface area contributed by atoms with Crippen molar-refractivity contribution in [2.45, 2.75) is 0 Å². The van der Waals surface area contributed by atoms with Gasteiger partial charge in [-0.3, -0.25) is 0 Å². The molecule has 0 bridgehead atoms. The highest BCUT2D eigenvalue weighted by molar-refractivity contribution is 6.29. The quantitative estimate of drug-likeness (QED) is 0.730. The molecule has 1 aromatic heterocycles. The minimum atomic E-state index is -1.11. The molecule has 0 aliphatic rings. The highest BCUT2D eigenvalue weighted by atomic mass is 35.5. The molecule has 1 rings (SSSR count). The van der Waals surface area contributed by atoms with E-state index in [0.717, 1.165) is 0 Å². The second-order valence-electron chi connectivity index (χ2n) is 2.39. The fourth-order valence-corrected chi connectivity index (χ4v) is 1.02. The topological polar surface area (TPSA) is 79.7 Å². The summed E-state index contributed by atoms with van der Waals surface area (Å²) in [6.07, 6.45) is 0. The van der Waals surface area contributed by atoms with E-state index in [4.69, 9.17) is 26.6 Å². The highest BCUT2D eigenvalue weighted by Gasteiger charge is 2.07. The number of halogens is 1. The monoisotopic (exact) mass is 217 g/mol. The van der Waals surface area contributed by atoms with Crippen molar-refractivity contribution in [3.05, 3.63) is 22.8 Å². The minimum absolute atomic E-state index is 0.00191. The van der Waals surface area contributed by atoms with Crippen molar-refractivity contribution in [1.82, 2.24) is 4.98 Å². The molecule has 6 heteroatoms. The number of carboxylic acids is 1. The summed E-state index contributed by atoms with van der Waals surface area (Å²) in [4.78, 5) is 14.3. The number of carboxylic acid groups (broad SMARTS) is 1. The number of nitrogens with zero attached hydrogens (tertiary/aromatic N) is 1. The SMILES string of the molecule is O=C(O)c1cc(Cl)nc(OCCO)c1. The van der Waals surface area contributed by atoms with Crippen LogP contribution in [0.2, 0.25) is 5.15 Å². The first-order chi connectivity index (χ1) is 6.63. The zero-order chi connectivity index (χ0) is 10.6. The van der Waals surface area contributed by atoms with Crippen molar-refractivity contribution in [3.8, 4) is 5.88 Å². The standard InChI is InChI=1S/C8H8ClNO4/c9-6-3-5(8(12)13)4-7(10-6)14-2-1-11/h3-4,11H,1-2H2,(H,12,13). The molecular formula is C8H8ClNO4. The number of hydrogen-bond donors (Lipinski definition) is 2. The van der Waals surface area contributed by atoms with E-state index >= 15 is 0 Å². The number of ether oxygens (including phenoxy) is 1. The van der Waals surface area contributed by atoms with Gasteiger partial charge in [-0.25, -0.2) is 9.78 Å². The summed E-state index contributed by atoms with van der Waals surface area (Å²) in [6, 6.07) is 2.46. The molecule has 0 aliphatic heterocycles. The molecule has 14 heavy (non-hydrogen) atoms. The molecule has 5 nitrogen and oxygen atoms in total. The van der Waals surface area contributed by atoms with Gasteiger partial charge in [0.2, 0.25) is 5.88 Å². The summed E-state index contributed by atoms with van der Waals surface area (Å²) in [6.45, 7) is -0.122. The number of aliphatic hydroxyl groups excluding tert-OH is 1. The van der Waals surface area contributed by atoms with Gasteiger partial charge in [0.05, 0.1) is 12.2 Å². The Morgan fingerprint density at radius 1 is 1.57 bits per heavy atom.